The number of aromatic hydroxyl groups is 2. The Balaban J connectivity index is 1.43. The summed E-state index contributed by atoms with van der Waals surface area (Å²) in [6.45, 7) is -0.295. The lowest BCUT2D eigenvalue weighted by atomic mass is 9.53. The van der Waals surface area contributed by atoms with Crippen molar-refractivity contribution >= 4 is 23.3 Å². The molecule has 0 heterocycles. The Morgan fingerprint density at radius 3 is 2.44 bits per heavy atom. The number of Topliss-reactive ketones (excluding diaryl/α,β-unsaturated/α-hetero) is 1. The molecule has 0 aromatic heterocycles. The highest BCUT2D eigenvalue weighted by atomic mass is 16.5. The lowest BCUT2D eigenvalue weighted by molar-refractivity contribution is -0.177. The Kier molecular flexibility index (Phi) is 4.10. The first-order valence-corrected chi connectivity index (χ1v) is 9.04. The first-order valence-electron chi connectivity index (χ1n) is 9.04. The predicted octanol–water partition coefficient (Wildman–Crippen LogP) is 1.90. The fourth-order valence-electron chi connectivity index (χ4n) is 5.12. The predicted molar refractivity (Wildman–Crippen MR) is 92.6 cm³/mol. The van der Waals surface area contributed by atoms with E-state index in [2.05, 4.69) is 5.32 Å². The molecule has 4 aliphatic rings. The van der Waals surface area contributed by atoms with Gasteiger partial charge in [-0.05, 0) is 50.2 Å². The van der Waals surface area contributed by atoms with E-state index in [0.29, 0.717) is 24.5 Å². The number of anilines is 1. The first-order chi connectivity index (χ1) is 12.8. The van der Waals surface area contributed by atoms with E-state index in [9.17, 15) is 24.6 Å². The van der Waals surface area contributed by atoms with E-state index in [-0.39, 0.29) is 24.1 Å². The van der Waals surface area contributed by atoms with Gasteiger partial charge in [0.05, 0.1) is 5.60 Å². The molecule has 1 amide bonds. The van der Waals surface area contributed by atoms with Crippen molar-refractivity contribution in [3.8, 4) is 11.5 Å². The van der Waals surface area contributed by atoms with Gasteiger partial charge in [-0.3, -0.25) is 9.59 Å². The molecular formula is C19H21NO7. The monoisotopic (exact) mass is 375 g/mol. The van der Waals surface area contributed by atoms with Gasteiger partial charge in [-0.25, -0.2) is 4.79 Å². The van der Waals surface area contributed by atoms with Crippen molar-refractivity contribution in [3.63, 3.8) is 0 Å². The summed E-state index contributed by atoms with van der Waals surface area (Å²) in [7, 11) is 0. The Morgan fingerprint density at radius 1 is 1.15 bits per heavy atom. The third-order valence-electron chi connectivity index (χ3n) is 6.10. The summed E-state index contributed by atoms with van der Waals surface area (Å²) in [5, 5.41) is 31.2. The molecule has 144 valence electrons. The lowest BCUT2D eigenvalue weighted by Crippen LogP contribution is -2.56. The van der Waals surface area contributed by atoms with E-state index in [4.69, 9.17) is 9.84 Å². The van der Waals surface area contributed by atoms with Crippen LogP contribution in [0, 0.1) is 17.8 Å². The number of phenols is 2. The zero-order valence-corrected chi connectivity index (χ0v) is 14.6. The largest absolute Gasteiger partial charge is 0.506 e. The SMILES string of the molecule is O=C(COC12CC3CC(C1)C(=O)C(C3)C2)Nc1c(O)ccc(C(=O)O)c1O. The van der Waals surface area contributed by atoms with Gasteiger partial charge < -0.3 is 25.4 Å². The fourth-order valence-corrected chi connectivity index (χ4v) is 5.12. The number of carboxylic acids is 1. The van der Waals surface area contributed by atoms with Gasteiger partial charge in [0.1, 0.15) is 29.4 Å². The van der Waals surface area contributed by atoms with Crippen molar-refractivity contribution in [1.29, 1.82) is 0 Å². The summed E-state index contributed by atoms with van der Waals surface area (Å²) in [6.07, 6.45) is 3.94. The van der Waals surface area contributed by atoms with E-state index in [1.165, 1.54) is 0 Å². The molecule has 8 heteroatoms. The van der Waals surface area contributed by atoms with Crippen LogP contribution >= 0.6 is 0 Å². The van der Waals surface area contributed by atoms with Crippen LogP contribution in [0.25, 0.3) is 0 Å². The van der Waals surface area contributed by atoms with Crippen LogP contribution in [0.4, 0.5) is 5.69 Å². The van der Waals surface area contributed by atoms with E-state index < -0.39 is 34.5 Å². The molecule has 0 saturated heterocycles. The molecule has 4 N–H and O–H groups in total. The molecular weight excluding hydrogens is 354 g/mol. The van der Waals surface area contributed by atoms with Crippen molar-refractivity contribution in [2.24, 2.45) is 17.8 Å². The van der Waals surface area contributed by atoms with E-state index in [1.54, 1.807) is 0 Å². The highest BCUT2D eigenvalue weighted by Gasteiger charge is 2.55. The second kappa shape index (κ2) is 6.23. The summed E-state index contributed by atoms with van der Waals surface area (Å²) in [6, 6.07) is 2.13. The zero-order valence-electron chi connectivity index (χ0n) is 14.6. The number of ether oxygens (including phenoxy) is 1. The van der Waals surface area contributed by atoms with Gasteiger partial charge in [0, 0.05) is 11.8 Å². The molecule has 1 aromatic carbocycles. The van der Waals surface area contributed by atoms with Gasteiger partial charge >= 0.3 is 5.97 Å². The number of hydrogen-bond acceptors (Lipinski definition) is 6. The van der Waals surface area contributed by atoms with Crippen molar-refractivity contribution in [2.45, 2.75) is 37.7 Å². The number of carbonyl (C=O) groups excluding carboxylic acids is 2. The second-order valence-corrected chi connectivity index (χ2v) is 7.93. The van der Waals surface area contributed by atoms with Gasteiger partial charge in [-0.1, -0.05) is 0 Å². The van der Waals surface area contributed by atoms with Crippen LogP contribution in [0.1, 0.15) is 42.5 Å². The number of benzene rings is 1. The molecule has 4 aliphatic carbocycles. The number of aromatic carboxylic acids is 1. The van der Waals surface area contributed by atoms with Crippen molar-refractivity contribution in [2.75, 3.05) is 11.9 Å². The van der Waals surface area contributed by atoms with E-state index in [1.807, 2.05) is 0 Å². The highest BCUT2D eigenvalue weighted by Crippen LogP contribution is 2.55. The maximum atomic E-state index is 12.3. The summed E-state index contributed by atoms with van der Waals surface area (Å²) < 4.78 is 5.94. The Bertz CT molecular complexity index is 816. The normalized spacial score (nSPS) is 31.1. The average molecular weight is 375 g/mol. The van der Waals surface area contributed by atoms with Gasteiger partial charge in [0.2, 0.25) is 0 Å². The first kappa shape index (κ1) is 17.8. The third kappa shape index (κ3) is 3.03. The Hall–Kier alpha value is -2.61. The molecule has 4 saturated carbocycles. The van der Waals surface area contributed by atoms with Crippen LogP contribution in [0.15, 0.2) is 12.1 Å². The van der Waals surface area contributed by atoms with Crippen LogP contribution < -0.4 is 5.32 Å². The van der Waals surface area contributed by atoms with Crippen LogP contribution in [-0.4, -0.2) is 45.2 Å². The second-order valence-electron chi connectivity index (χ2n) is 7.93. The van der Waals surface area contributed by atoms with Crippen LogP contribution in [0.2, 0.25) is 0 Å². The molecule has 2 atom stereocenters. The number of amides is 1. The molecule has 0 spiro atoms. The summed E-state index contributed by atoms with van der Waals surface area (Å²) in [5.74, 6) is -2.29. The van der Waals surface area contributed by atoms with Crippen molar-refractivity contribution < 1.29 is 34.4 Å². The van der Waals surface area contributed by atoms with Gasteiger partial charge in [0.15, 0.2) is 5.75 Å². The number of hydrogen-bond donors (Lipinski definition) is 4. The van der Waals surface area contributed by atoms with E-state index >= 15 is 0 Å². The average Bonchev–Trinajstić information content (AvgIpc) is 2.60. The van der Waals surface area contributed by atoms with Gasteiger partial charge in [-0.15, -0.1) is 0 Å². The minimum absolute atomic E-state index is 0.0275. The molecule has 0 aliphatic heterocycles. The van der Waals surface area contributed by atoms with Crippen molar-refractivity contribution in [1.82, 2.24) is 0 Å². The zero-order chi connectivity index (χ0) is 19.3. The topological polar surface area (TPSA) is 133 Å². The minimum atomic E-state index is -1.38. The number of carboxylic acid groups (broad SMARTS) is 1. The minimum Gasteiger partial charge on any atom is -0.506 e. The van der Waals surface area contributed by atoms with Crippen LogP contribution in [-0.2, 0) is 14.3 Å². The number of nitrogens with one attached hydrogen (secondary N) is 1. The summed E-state index contributed by atoms with van der Waals surface area (Å²) >= 11 is 0. The highest BCUT2D eigenvalue weighted by molar-refractivity contribution is 6.00. The number of carbonyl (C=O) groups is 3. The van der Waals surface area contributed by atoms with Crippen LogP contribution in [0.5, 0.6) is 11.5 Å². The number of rotatable bonds is 5. The molecule has 27 heavy (non-hydrogen) atoms. The van der Waals surface area contributed by atoms with Crippen molar-refractivity contribution in [3.05, 3.63) is 17.7 Å². The number of phenolic OH excluding ortho intramolecular Hbond substituents is 1. The quantitative estimate of drug-likeness (QED) is 0.578. The molecule has 1 aromatic rings. The Labute approximate surface area is 155 Å². The van der Waals surface area contributed by atoms with E-state index in [0.717, 1.165) is 31.4 Å². The maximum absolute atomic E-state index is 12.3. The molecule has 8 nitrogen and oxygen atoms in total. The molecule has 4 fully saturated rings. The summed E-state index contributed by atoms with van der Waals surface area (Å²) in [4.78, 5) is 35.6. The third-order valence-corrected chi connectivity index (χ3v) is 6.10. The lowest BCUT2D eigenvalue weighted by Gasteiger charge is -2.55. The maximum Gasteiger partial charge on any atom is 0.339 e. The summed E-state index contributed by atoms with van der Waals surface area (Å²) in [5.41, 5.74) is -1.25. The van der Waals surface area contributed by atoms with Gasteiger partial charge in [0.25, 0.3) is 5.91 Å². The molecule has 4 bridgehead atoms. The molecule has 5 rings (SSSR count). The fraction of sp³-hybridized carbons (Fsp3) is 0.526. The van der Waals surface area contributed by atoms with Crippen LogP contribution in [0.3, 0.4) is 0 Å². The smallest absolute Gasteiger partial charge is 0.339 e. The number of ketones is 1. The molecule has 0 radical (unpaired) electrons. The standard InChI is InChI=1S/C19H21NO7/c21-13-2-1-12(18(25)26)17(24)15(13)20-14(22)8-27-19-5-9-3-10(6-19)16(23)11(4-9)7-19/h1-2,9-11,21,24H,3-8H2,(H,20,22)(H,25,26). The van der Waals surface area contributed by atoms with Gasteiger partial charge in [-0.2, -0.15) is 0 Å². The molecule has 2 unspecified atom stereocenters. The Morgan fingerprint density at radius 2 is 1.81 bits per heavy atom.